The number of carbonyl (C=O) groups is 3. The van der Waals surface area contributed by atoms with Crippen molar-refractivity contribution in [1.29, 1.82) is 0 Å². The summed E-state index contributed by atoms with van der Waals surface area (Å²) >= 11 is 0. The highest BCUT2D eigenvalue weighted by molar-refractivity contribution is 5.96. The van der Waals surface area contributed by atoms with Crippen LogP contribution in [-0.2, 0) is 9.59 Å². The number of carbonyl (C=O) groups excluding carboxylic acids is 3. The van der Waals surface area contributed by atoms with Crippen molar-refractivity contribution < 1.29 is 28.6 Å². The Kier molecular flexibility index (Phi) is 10.1. The Morgan fingerprint density at radius 1 is 0.639 bits per heavy atom. The van der Waals surface area contributed by atoms with E-state index in [1.54, 1.807) is 48.5 Å². The molecule has 3 rings (SSSR count). The van der Waals surface area contributed by atoms with Crippen LogP contribution in [0.15, 0.2) is 78.9 Å². The predicted octanol–water partition coefficient (Wildman–Crippen LogP) is 3.72. The molecule has 0 aromatic heterocycles. The molecule has 0 aliphatic rings. The van der Waals surface area contributed by atoms with Gasteiger partial charge in [-0.05, 0) is 67.6 Å². The molecule has 9 nitrogen and oxygen atoms in total. The van der Waals surface area contributed by atoms with Crippen LogP contribution in [0.25, 0.3) is 0 Å². The molecule has 0 saturated carbocycles. The molecule has 0 unspecified atom stereocenters. The highest BCUT2D eigenvalue weighted by atomic mass is 16.5. The van der Waals surface area contributed by atoms with E-state index in [1.165, 1.54) is 0 Å². The summed E-state index contributed by atoms with van der Waals surface area (Å²) in [5, 5.41) is 2.71. The van der Waals surface area contributed by atoms with Gasteiger partial charge in [0.1, 0.15) is 30.5 Å². The summed E-state index contributed by atoms with van der Waals surface area (Å²) in [6, 6.07) is 22.9. The van der Waals surface area contributed by atoms with Crippen molar-refractivity contribution in [3.05, 3.63) is 84.4 Å². The normalized spacial score (nSPS) is 10.1. The van der Waals surface area contributed by atoms with E-state index in [1.807, 2.05) is 37.3 Å². The van der Waals surface area contributed by atoms with Crippen LogP contribution in [0.5, 0.6) is 17.2 Å². The number of amides is 3. The van der Waals surface area contributed by atoms with Crippen LogP contribution in [0.3, 0.4) is 0 Å². The van der Waals surface area contributed by atoms with Crippen LogP contribution < -0.4 is 30.4 Å². The molecule has 3 aromatic carbocycles. The number of hydrogen-bond acceptors (Lipinski definition) is 6. The smallest absolute Gasteiger partial charge is 0.269 e. The van der Waals surface area contributed by atoms with E-state index in [4.69, 9.17) is 14.2 Å². The average Bonchev–Trinajstić information content (AvgIpc) is 2.91. The Hall–Kier alpha value is -4.53. The highest BCUT2D eigenvalue weighted by Gasteiger charge is 2.10. The molecular formula is C27H29N3O6. The van der Waals surface area contributed by atoms with Gasteiger partial charge in [-0.25, -0.2) is 0 Å². The minimum absolute atomic E-state index is 0.0328. The Balaban J connectivity index is 1.31. The number of anilines is 1. The molecule has 3 amide bonds. The highest BCUT2D eigenvalue weighted by Crippen LogP contribution is 2.16. The Morgan fingerprint density at radius 2 is 1.19 bits per heavy atom. The third-order valence-corrected chi connectivity index (χ3v) is 4.82. The standard InChI is InChI=1S/C27H29N3O6/c1-2-34-23-14-10-21(11-15-23)28-25(31)16-17-26(32)29-30-27(33)20-8-12-24(13-9-20)36-19-18-35-22-6-4-3-5-7-22/h3-15H,2,16-19H2,1H3,(H,28,31)(H,29,32)(H,30,33). The largest absolute Gasteiger partial charge is 0.494 e. The summed E-state index contributed by atoms with van der Waals surface area (Å²) in [5.41, 5.74) is 5.60. The first-order valence-corrected chi connectivity index (χ1v) is 11.6. The van der Waals surface area contributed by atoms with Crippen molar-refractivity contribution >= 4 is 23.4 Å². The Labute approximate surface area is 209 Å². The van der Waals surface area contributed by atoms with Crippen molar-refractivity contribution in [3.63, 3.8) is 0 Å². The summed E-state index contributed by atoms with van der Waals surface area (Å²) in [7, 11) is 0. The zero-order chi connectivity index (χ0) is 25.6. The molecule has 3 aromatic rings. The summed E-state index contributed by atoms with van der Waals surface area (Å²) < 4.78 is 16.5. The van der Waals surface area contributed by atoms with Gasteiger partial charge in [0, 0.05) is 24.1 Å². The molecule has 0 radical (unpaired) electrons. The quantitative estimate of drug-likeness (QED) is 0.263. The number of rotatable bonds is 12. The van der Waals surface area contributed by atoms with E-state index in [0.717, 1.165) is 5.75 Å². The maximum Gasteiger partial charge on any atom is 0.269 e. The van der Waals surface area contributed by atoms with Crippen molar-refractivity contribution in [3.8, 4) is 17.2 Å². The van der Waals surface area contributed by atoms with Gasteiger partial charge in [-0.2, -0.15) is 0 Å². The summed E-state index contributed by atoms with van der Waals surface area (Å²) in [6.45, 7) is 3.18. The monoisotopic (exact) mass is 491 g/mol. The zero-order valence-corrected chi connectivity index (χ0v) is 20.0. The molecule has 0 saturated heterocycles. The summed E-state index contributed by atoms with van der Waals surface area (Å²) in [4.78, 5) is 36.3. The fraction of sp³-hybridized carbons (Fsp3) is 0.222. The number of benzene rings is 3. The maximum atomic E-state index is 12.3. The number of ether oxygens (including phenoxy) is 3. The van der Waals surface area contributed by atoms with E-state index in [2.05, 4.69) is 16.2 Å². The maximum absolute atomic E-state index is 12.3. The molecule has 0 heterocycles. The van der Waals surface area contributed by atoms with E-state index in [-0.39, 0.29) is 18.7 Å². The van der Waals surface area contributed by atoms with Crippen LogP contribution in [0.1, 0.15) is 30.1 Å². The molecule has 3 N–H and O–H groups in total. The van der Waals surface area contributed by atoms with Crippen LogP contribution in [-0.4, -0.2) is 37.5 Å². The van der Waals surface area contributed by atoms with Gasteiger partial charge < -0.3 is 19.5 Å². The summed E-state index contributed by atoms with van der Waals surface area (Å²) in [5.74, 6) is 0.783. The topological polar surface area (TPSA) is 115 Å². The molecule has 188 valence electrons. The lowest BCUT2D eigenvalue weighted by Gasteiger charge is -2.10. The first kappa shape index (κ1) is 26.1. The van der Waals surface area contributed by atoms with Crippen LogP contribution in [0.2, 0.25) is 0 Å². The first-order chi connectivity index (χ1) is 17.5. The molecule has 0 aliphatic carbocycles. The number of nitrogens with one attached hydrogen (secondary N) is 3. The Morgan fingerprint density at radius 3 is 1.83 bits per heavy atom. The molecule has 9 heteroatoms. The second kappa shape index (κ2) is 14.0. The lowest BCUT2D eigenvalue weighted by molar-refractivity contribution is -0.124. The SMILES string of the molecule is CCOc1ccc(NC(=O)CCC(=O)NNC(=O)c2ccc(OCCOc3ccccc3)cc2)cc1. The van der Waals surface area contributed by atoms with E-state index < -0.39 is 11.8 Å². The minimum atomic E-state index is -0.485. The van der Waals surface area contributed by atoms with E-state index in [0.29, 0.717) is 42.6 Å². The summed E-state index contributed by atoms with van der Waals surface area (Å²) in [6.07, 6.45) is -0.115. The number of hydrogen-bond donors (Lipinski definition) is 3. The van der Waals surface area contributed by atoms with Gasteiger partial charge in [0.15, 0.2) is 0 Å². The fourth-order valence-electron chi connectivity index (χ4n) is 3.05. The second-order valence-corrected chi connectivity index (χ2v) is 7.54. The number of hydrazine groups is 1. The lowest BCUT2D eigenvalue weighted by atomic mass is 10.2. The molecular weight excluding hydrogens is 462 g/mol. The van der Waals surface area contributed by atoms with Crippen molar-refractivity contribution in [1.82, 2.24) is 10.9 Å². The van der Waals surface area contributed by atoms with Crippen LogP contribution in [0.4, 0.5) is 5.69 Å². The van der Waals surface area contributed by atoms with Gasteiger partial charge in [-0.3, -0.25) is 25.2 Å². The van der Waals surface area contributed by atoms with Gasteiger partial charge >= 0.3 is 0 Å². The van der Waals surface area contributed by atoms with E-state index in [9.17, 15) is 14.4 Å². The van der Waals surface area contributed by atoms with Gasteiger partial charge in [0.05, 0.1) is 6.61 Å². The molecule has 0 spiro atoms. The Bertz CT molecular complexity index is 1120. The van der Waals surface area contributed by atoms with Gasteiger partial charge in [0.25, 0.3) is 5.91 Å². The zero-order valence-electron chi connectivity index (χ0n) is 20.0. The van der Waals surface area contributed by atoms with Gasteiger partial charge in [-0.15, -0.1) is 0 Å². The van der Waals surface area contributed by atoms with E-state index >= 15 is 0 Å². The predicted molar refractivity (Wildman–Crippen MR) is 135 cm³/mol. The minimum Gasteiger partial charge on any atom is -0.494 e. The van der Waals surface area contributed by atoms with Crippen molar-refractivity contribution in [2.45, 2.75) is 19.8 Å². The fourth-order valence-corrected chi connectivity index (χ4v) is 3.05. The van der Waals surface area contributed by atoms with Gasteiger partial charge in [0.2, 0.25) is 11.8 Å². The third-order valence-electron chi connectivity index (χ3n) is 4.82. The lowest BCUT2D eigenvalue weighted by Crippen LogP contribution is -2.41. The van der Waals surface area contributed by atoms with Gasteiger partial charge in [-0.1, -0.05) is 18.2 Å². The van der Waals surface area contributed by atoms with Crippen LogP contribution >= 0.6 is 0 Å². The first-order valence-electron chi connectivity index (χ1n) is 11.6. The molecule has 0 atom stereocenters. The number of para-hydroxylation sites is 1. The van der Waals surface area contributed by atoms with Crippen LogP contribution in [0, 0.1) is 0 Å². The molecule has 0 fully saturated rings. The molecule has 0 aliphatic heterocycles. The van der Waals surface area contributed by atoms with Crippen molar-refractivity contribution in [2.75, 3.05) is 25.1 Å². The molecule has 36 heavy (non-hydrogen) atoms. The average molecular weight is 492 g/mol. The van der Waals surface area contributed by atoms with Crippen molar-refractivity contribution in [2.24, 2.45) is 0 Å². The second-order valence-electron chi connectivity index (χ2n) is 7.54. The third kappa shape index (κ3) is 9.02. The molecule has 0 bridgehead atoms.